The van der Waals surface area contributed by atoms with Gasteiger partial charge in [0.15, 0.2) is 0 Å². The average Bonchev–Trinajstić information content (AvgIpc) is 2.64. The van der Waals surface area contributed by atoms with Crippen LogP contribution in [0.4, 0.5) is 0 Å². The highest BCUT2D eigenvalue weighted by atomic mass is 32.2. The van der Waals surface area contributed by atoms with Crippen LogP contribution in [0.1, 0.15) is 27.6 Å². The van der Waals surface area contributed by atoms with E-state index in [1.807, 2.05) is 0 Å². The molecule has 0 bridgehead atoms. The number of rotatable bonds is 3. The number of amides is 2. The van der Waals surface area contributed by atoms with Crippen molar-refractivity contribution in [3.05, 3.63) is 35.4 Å². The van der Waals surface area contributed by atoms with Gasteiger partial charge in [0.2, 0.25) is 0 Å². The molecule has 2 rings (SSSR count). The minimum absolute atomic E-state index is 0.177. The van der Waals surface area contributed by atoms with Crippen LogP contribution in [0, 0.1) is 11.8 Å². The summed E-state index contributed by atoms with van der Waals surface area (Å²) in [5.74, 6) is 7.09. The van der Waals surface area contributed by atoms with E-state index in [9.17, 15) is 9.59 Å². The average molecular weight is 259 g/mol. The summed E-state index contributed by atoms with van der Waals surface area (Å²) >= 11 is 1.72. The number of carbonyl (C=O) groups is 2. The van der Waals surface area contributed by atoms with Gasteiger partial charge in [0.25, 0.3) is 11.8 Å². The summed E-state index contributed by atoms with van der Waals surface area (Å²) < 4.78 is 0. The highest BCUT2D eigenvalue weighted by molar-refractivity contribution is 7.99. The van der Waals surface area contributed by atoms with Crippen LogP contribution in [-0.4, -0.2) is 34.8 Å². The molecule has 1 aliphatic heterocycles. The summed E-state index contributed by atoms with van der Waals surface area (Å²) in [6.07, 6.45) is 0. The van der Waals surface area contributed by atoms with E-state index in [2.05, 4.69) is 18.8 Å². The Balaban J connectivity index is 2.06. The second kappa shape index (κ2) is 5.74. The second-order valence-electron chi connectivity index (χ2n) is 3.73. The zero-order valence-corrected chi connectivity index (χ0v) is 10.9. The van der Waals surface area contributed by atoms with Gasteiger partial charge < -0.3 is 0 Å². The molecule has 0 spiro atoms. The van der Waals surface area contributed by atoms with Gasteiger partial charge in [0, 0.05) is 0 Å². The van der Waals surface area contributed by atoms with E-state index in [1.54, 1.807) is 36.0 Å². The number of hydrogen-bond donors (Lipinski definition) is 0. The SMILES string of the molecule is CCSCC#CCN1C(=O)c2ccccc2C1=O. The van der Waals surface area contributed by atoms with E-state index in [4.69, 9.17) is 0 Å². The molecular weight excluding hydrogens is 246 g/mol. The predicted molar refractivity (Wildman–Crippen MR) is 72.6 cm³/mol. The molecule has 0 atom stereocenters. The summed E-state index contributed by atoms with van der Waals surface area (Å²) in [5.41, 5.74) is 0.958. The van der Waals surface area contributed by atoms with Crippen molar-refractivity contribution < 1.29 is 9.59 Å². The largest absolute Gasteiger partial charge is 0.269 e. The molecule has 1 aromatic carbocycles. The molecule has 1 aliphatic rings. The van der Waals surface area contributed by atoms with Crippen molar-refractivity contribution in [1.82, 2.24) is 4.90 Å². The molecule has 92 valence electrons. The lowest BCUT2D eigenvalue weighted by Crippen LogP contribution is -2.30. The molecule has 0 saturated heterocycles. The fraction of sp³-hybridized carbons (Fsp3) is 0.286. The lowest BCUT2D eigenvalue weighted by atomic mass is 10.1. The number of carbonyl (C=O) groups excluding carboxylic acids is 2. The molecule has 2 amide bonds. The molecule has 18 heavy (non-hydrogen) atoms. The Labute approximate surface area is 111 Å². The highest BCUT2D eigenvalue weighted by Gasteiger charge is 2.34. The number of hydrogen-bond acceptors (Lipinski definition) is 3. The predicted octanol–water partition coefficient (Wildman–Crippen LogP) is 2.04. The minimum atomic E-state index is -0.243. The molecule has 0 aliphatic carbocycles. The first kappa shape index (κ1) is 12.7. The highest BCUT2D eigenvalue weighted by Crippen LogP contribution is 2.21. The number of benzene rings is 1. The van der Waals surface area contributed by atoms with Gasteiger partial charge in [-0.3, -0.25) is 14.5 Å². The molecule has 4 heteroatoms. The van der Waals surface area contributed by atoms with E-state index >= 15 is 0 Å². The fourth-order valence-corrected chi connectivity index (χ4v) is 2.13. The maximum absolute atomic E-state index is 12.0. The summed E-state index contributed by atoms with van der Waals surface area (Å²) in [6.45, 7) is 2.24. The van der Waals surface area contributed by atoms with Gasteiger partial charge in [0.05, 0.1) is 23.4 Å². The maximum atomic E-state index is 12.0. The van der Waals surface area contributed by atoms with E-state index < -0.39 is 0 Å². The molecule has 3 nitrogen and oxygen atoms in total. The lowest BCUT2D eigenvalue weighted by molar-refractivity contribution is 0.0675. The zero-order chi connectivity index (χ0) is 13.0. The molecule has 0 N–H and O–H groups in total. The third-order valence-corrected chi connectivity index (χ3v) is 3.38. The second-order valence-corrected chi connectivity index (χ2v) is 5.01. The molecule has 0 radical (unpaired) electrons. The maximum Gasteiger partial charge on any atom is 0.262 e. The summed E-state index contributed by atoms with van der Waals surface area (Å²) in [7, 11) is 0. The van der Waals surface area contributed by atoms with Crippen LogP contribution < -0.4 is 0 Å². The van der Waals surface area contributed by atoms with Crippen molar-refractivity contribution in [2.24, 2.45) is 0 Å². The van der Waals surface area contributed by atoms with E-state index in [0.717, 1.165) is 11.5 Å². The van der Waals surface area contributed by atoms with Crippen LogP contribution in [0.15, 0.2) is 24.3 Å². The third-order valence-electron chi connectivity index (χ3n) is 2.62. The normalized spacial score (nSPS) is 13.3. The van der Waals surface area contributed by atoms with Gasteiger partial charge in [-0.1, -0.05) is 30.9 Å². The Morgan fingerprint density at radius 3 is 2.28 bits per heavy atom. The molecule has 1 aromatic rings. The Kier molecular flexibility index (Phi) is 4.06. The van der Waals surface area contributed by atoms with Crippen LogP contribution in [-0.2, 0) is 0 Å². The van der Waals surface area contributed by atoms with Crippen LogP contribution in [0.25, 0.3) is 0 Å². The zero-order valence-electron chi connectivity index (χ0n) is 10.1. The van der Waals surface area contributed by atoms with Crippen molar-refractivity contribution in [3.8, 4) is 11.8 Å². The lowest BCUT2D eigenvalue weighted by Gasteiger charge is -2.08. The standard InChI is InChI=1S/C14H13NO2S/c1-2-18-10-6-5-9-15-13(16)11-7-3-4-8-12(11)14(15)17/h3-4,7-8H,2,9-10H2,1H3. The number of nitrogens with zero attached hydrogens (tertiary/aromatic N) is 1. The van der Waals surface area contributed by atoms with E-state index in [0.29, 0.717) is 11.1 Å². The molecule has 0 unspecified atom stereocenters. The molecule has 0 aromatic heterocycles. The van der Waals surface area contributed by atoms with Crippen molar-refractivity contribution in [3.63, 3.8) is 0 Å². The monoisotopic (exact) mass is 259 g/mol. The summed E-state index contributed by atoms with van der Waals surface area (Å²) in [5, 5.41) is 0. The van der Waals surface area contributed by atoms with E-state index in [-0.39, 0.29) is 18.4 Å². The number of imide groups is 1. The van der Waals surface area contributed by atoms with Crippen LogP contribution in [0.5, 0.6) is 0 Å². The van der Waals surface area contributed by atoms with Crippen LogP contribution >= 0.6 is 11.8 Å². The van der Waals surface area contributed by atoms with Gasteiger partial charge in [-0.2, -0.15) is 0 Å². The van der Waals surface area contributed by atoms with Crippen molar-refractivity contribution in [2.45, 2.75) is 6.92 Å². The molecule has 0 fully saturated rings. The van der Waals surface area contributed by atoms with Gasteiger partial charge in [-0.15, -0.1) is 11.8 Å². The first-order chi connectivity index (χ1) is 8.75. The first-order valence-electron chi connectivity index (χ1n) is 5.74. The van der Waals surface area contributed by atoms with Gasteiger partial charge in [-0.05, 0) is 17.9 Å². The Morgan fingerprint density at radius 1 is 1.11 bits per heavy atom. The Bertz CT molecular complexity index is 507. The summed E-state index contributed by atoms with van der Waals surface area (Å²) in [6, 6.07) is 6.88. The van der Waals surface area contributed by atoms with Crippen molar-refractivity contribution in [1.29, 1.82) is 0 Å². The summed E-state index contributed by atoms with van der Waals surface area (Å²) in [4.78, 5) is 25.1. The molecular formula is C14H13NO2S. The molecule has 0 saturated carbocycles. The smallest absolute Gasteiger partial charge is 0.262 e. The quantitative estimate of drug-likeness (QED) is 0.473. The fourth-order valence-electron chi connectivity index (χ4n) is 1.72. The third kappa shape index (κ3) is 2.41. The van der Waals surface area contributed by atoms with Crippen LogP contribution in [0.2, 0.25) is 0 Å². The van der Waals surface area contributed by atoms with Gasteiger partial charge in [-0.25, -0.2) is 0 Å². The topological polar surface area (TPSA) is 37.4 Å². The van der Waals surface area contributed by atoms with E-state index in [1.165, 1.54) is 4.90 Å². The van der Waals surface area contributed by atoms with Gasteiger partial charge in [0.1, 0.15) is 0 Å². The number of fused-ring (bicyclic) bond motifs is 1. The molecule has 1 heterocycles. The Hall–Kier alpha value is -1.73. The van der Waals surface area contributed by atoms with Crippen molar-refractivity contribution >= 4 is 23.6 Å². The van der Waals surface area contributed by atoms with Crippen molar-refractivity contribution in [2.75, 3.05) is 18.1 Å². The first-order valence-corrected chi connectivity index (χ1v) is 6.90. The Morgan fingerprint density at radius 2 is 1.72 bits per heavy atom. The van der Waals surface area contributed by atoms with Crippen LogP contribution in [0.3, 0.4) is 0 Å². The number of thioether (sulfide) groups is 1. The minimum Gasteiger partial charge on any atom is -0.269 e. The van der Waals surface area contributed by atoms with Gasteiger partial charge >= 0.3 is 0 Å².